The minimum Gasteiger partial charge on any atom is -0.360 e. The Morgan fingerprint density at radius 3 is 2.85 bits per heavy atom. The smallest absolute Gasteiger partial charge is 0.277 e. The third-order valence-electron chi connectivity index (χ3n) is 4.30. The molecule has 7 heteroatoms. The van der Waals surface area contributed by atoms with Gasteiger partial charge < -0.3 is 14.7 Å². The van der Waals surface area contributed by atoms with E-state index in [1.165, 1.54) is 5.56 Å². The number of carbonyl (C=O) groups excluding carboxylic acids is 1. The molecule has 0 saturated heterocycles. The summed E-state index contributed by atoms with van der Waals surface area (Å²) in [7, 11) is 0. The molecule has 0 saturated carbocycles. The molecular weight excluding hydrogens is 330 g/mol. The van der Waals surface area contributed by atoms with Gasteiger partial charge in [0.25, 0.3) is 5.91 Å². The lowest BCUT2D eigenvalue weighted by Gasteiger charge is -2.29. The lowest BCUT2D eigenvalue weighted by molar-refractivity contribution is 0.0980. The van der Waals surface area contributed by atoms with Crippen LogP contribution in [0.2, 0.25) is 0 Å². The van der Waals surface area contributed by atoms with E-state index in [2.05, 4.69) is 26.5 Å². The molecule has 2 aromatic heterocycles. The van der Waals surface area contributed by atoms with Crippen LogP contribution in [0.4, 0.5) is 17.5 Å². The van der Waals surface area contributed by atoms with Crippen molar-refractivity contribution in [3.63, 3.8) is 0 Å². The molecular formula is C19H19N5O2. The van der Waals surface area contributed by atoms with Crippen molar-refractivity contribution in [1.82, 2.24) is 15.1 Å². The monoisotopic (exact) mass is 349 g/mol. The van der Waals surface area contributed by atoms with Gasteiger partial charge in [0.15, 0.2) is 5.82 Å². The fraction of sp³-hybridized carbons (Fsp3) is 0.263. The van der Waals surface area contributed by atoms with Crippen molar-refractivity contribution in [2.45, 2.75) is 26.7 Å². The molecule has 0 atom stereocenters. The number of aryl methyl sites for hydroxylation is 3. The Morgan fingerprint density at radius 2 is 2.04 bits per heavy atom. The number of fused-ring (bicyclic) bond motifs is 1. The lowest BCUT2D eigenvalue weighted by atomic mass is 10.0. The summed E-state index contributed by atoms with van der Waals surface area (Å²) in [6.45, 7) is 4.32. The molecule has 0 unspecified atom stereocenters. The van der Waals surface area contributed by atoms with Gasteiger partial charge in [-0.1, -0.05) is 23.4 Å². The predicted molar refractivity (Wildman–Crippen MR) is 97.7 cm³/mol. The summed E-state index contributed by atoms with van der Waals surface area (Å²) in [5.41, 5.74) is 3.21. The maximum Gasteiger partial charge on any atom is 0.277 e. The zero-order valence-electron chi connectivity index (χ0n) is 14.7. The summed E-state index contributed by atoms with van der Waals surface area (Å²) in [6, 6.07) is 11.5. The average molecular weight is 349 g/mol. The number of carbonyl (C=O) groups is 1. The Balaban J connectivity index is 1.64. The molecule has 4 rings (SSSR count). The minimum atomic E-state index is -0.123. The van der Waals surface area contributed by atoms with Gasteiger partial charge in [-0.25, -0.2) is 9.97 Å². The largest absolute Gasteiger partial charge is 0.360 e. The maximum absolute atomic E-state index is 13.1. The molecule has 132 valence electrons. The zero-order chi connectivity index (χ0) is 18.1. The molecule has 0 aliphatic carbocycles. The van der Waals surface area contributed by atoms with Crippen LogP contribution in [0.3, 0.4) is 0 Å². The number of rotatable bonds is 3. The Hall–Kier alpha value is -3.22. The van der Waals surface area contributed by atoms with Gasteiger partial charge in [0, 0.05) is 24.0 Å². The van der Waals surface area contributed by atoms with Crippen molar-refractivity contribution in [2.75, 3.05) is 16.8 Å². The second kappa shape index (κ2) is 6.59. The van der Waals surface area contributed by atoms with Gasteiger partial charge in [0.05, 0.1) is 0 Å². The van der Waals surface area contributed by atoms with Crippen LogP contribution in [0.15, 0.2) is 40.9 Å². The normalized spacial score (nSPS) is 13.4. The second-order valence-corrected chi connectivity index (χ2v) is 6.36. The van der Waals surface area contributed by atoms with E-state index in [4.69, 9.17) is 4.52 Å². The molecule has 1 aliphatic rings. The summed E-state index contributed by atoms with van der Waals surface area (Å²) in [4.78, 5) is 23.6. The van der Waals surface area contributed by atoms with E-state index in [0.29, 0.717) is 35.5 Å². The van der Waals surface area contributed by atoms with Gasteiger partial charge >= 0.3 is 0 Å². The van der Waals surface area contributed by atoms with Crippen molar-refractivity contribution < 1.29 is 9.32 Å². The Labute approximate surface area is 151 Å². The maximum atomic E-state index is 13.1. The highest BCUT2D eigenvalue weighted by Crippen LogP contribution is 2.28. The van der Waals surface area contributed by atoms with Gasteiger partial charge in [-0.2, -0.15) is 0 Å². The van der Waals surface area contributed by atoms with Crippen LogP contribution in [0.5, 0.6) is 0 Å². The first-order valence-corrected chi connectivity index (χ1v) is 8.56. The Bertz CT molecular complexity index is 966. The molecule has 1 aliphatic heterocycles. The highest BCUT2D eigenvalue weighted by molar-refractivity contribution is 6.05. The van der Waals surface area contributed by atoms with Crippen LogP contribution < -0.4 is 10.2 Å². The first-order chi connectivity index (χ1) is 12.6. The number of nitrogens with one attached hydrogen (secondary N) is 1. The molecule has 7 nitrogen and oxygen atoms in total. The summed E-state index contributed by atoms with van der Waals surface area (Å²) >= 11 is 0. The van der Waals surface area contributed by atoms with Crippen LogP contribution in [-0.2, 0) is 6.42 Å². The molecule has 0 fully saturated rings. The number of hydrogen-bond donors (Lipinski definition) is 1. The topological polar surface area (TPSA) is 84.2 Å². The molecule has 0 radical (unpaired) electrons. The van der Waals surface area contributed by atoms with Crippen molar-refractivity contribution in [3.05, 3.63) is 59.1 Å². The number of benzene rings is 1. The highest BCUT2D eigenvalue weighted by atomic mass is 16.5. The van der Waals surface area contributed by atoms with Gasteiger partial charge in [-0.05, 0) is 44.4 Å². The van der Waals surface area contributed by atoms with Crippen LogP contribution in [0.25, 0.3) is 0 Å². The molecule has 1 amide bonds. The first kappa shape index (κ1) is 16.3. The SMILES string of the molecule is Cc1cc(C(=O)N2CCCc3ccccc32)nc(Nc2cc(C)on2)n1. The van der Waals surface area contributed by atoms with Gasteiger partial charge in [-0.3, -0.25) is 4.79 Å². The van der Waals surface area contributed by atoms with Crippen LogP contribution >= 0.6 is 0 Å². The van der Waals surface area contributed by atoms with Crippen molar-refractivity contribution in [3.8, 4) is 0 Å². The number of anilines is 3. The zero-order valence-corrected chi connectivity index (χ0v) is 14.7. The molecule has 0 spiro atoms. The third-order valence-corrected chi connectivity index (χ3v) is 4.30. The number of amides is 1. The molecule has 3 heterocycles. The Kier molecular flexibility index (Phi) is 4.12. The molecule has 26 heavy (non-hydrogen) atoms. The van der Waals surface area contributed by atoms with Gasteiger partial charge in [-0.15, -0.1) is 0 Å². The van der Waals surface area contributed by atoms with E-state index in [-0.39, 0.29) is 5.91 Å². The quantitative estimate of drug-likeness (QED) is 0.780. The molecule has 0 bridgehead atoms. The van der Waals surface area contributed by atoms with E-state index >= 15 is 0 Å². The summed E-state index contributed by atoms with van der Waals surface area (Å²) in [6.07, 6.45) is 1.93. The van der Waals surface area contributed by atoms with Crippen molar-refractivity contribution in [2.24, 2.45) is 0 Å². The van der Waals surface area contributed by atoms with E-state index < -0.39 is 0 Å². The van der Waals surface area contributed by atoms with Gasteiger partial charge in [0.1, 0.15) is 11.5 Å². The first-order valence-electron chi connectivity index (χ1n) is 8.56. The van der Waals surface area contributed by atoms with Crippen LogP contribution in [0, 0.1) is 13.8 Å². The lowest BCUT2D eigenvalue weighted by Crippen LogP contribution is -2.36. The number of nitrogens with zero attached hydrogens (tertiary/aromatic N) is 4. The fourth-order valence-electron chi connectivity index (χ4n) is 3.16. The van der Waals surface area contributed by atoms with E-state index in [0.717, 1.165) is 18.5 Å². The molecule has 3 aromatic rings. The Morgan fingerprint density at radius 1 is 1.19 bits per heavy atom. The van der Waals surface area contributed by atoms with E-state index in [1.54, 1.807) is 24.0 Å². The summed E-state index contributed by atoms with van der Waals surface area (Å²) in [5, 5.41) is 6.86. The van der Waals surface area contributed by atoms with Crippen LogP contribution in [0.1, 0.15) is 33.9 Å². The van der Waals surface area contributed by atoms with Crippen molar-refractivity contribution in [1.29, 1.82) is 0 Å². The summed E-state index contributed by atoms with van der Waals surface area (Å²) in [5.74, 6) is 1.39. The number of aromatic nitrogens is 3. The number of hydrogen-bond acceptors (Lipinski definition) is 6. The van der Waals surface area contributed by atoms with Crippen LogP contribution in [-0.4, -0.2) is 27.6 Å². The standard InChI is InChI=1S/C19H19N5O2/c1-12-10-15(21-19(20-12)22-17-11-13(2)26-23-17)18(25)24-9-5-7-14-6-3-4-8-16(14)24/h3-4,6,8,10-11H,5,7,9H2,1-2H3,(H,20,21,22,23). The number of para-hydroxylation sites is 1. The fourth-order valence-corrected chi connectivity index (χ4v) is 3.16. The van der Waals surface area contributed by atoms with E-state index in [9.17, 15) is 4.79 Å². The average Bonchev–Trinajstić information content (AvgIpc) is 3.05. The highest BCUT2D eigenvalue weighted by Gasteiger charge is 2.25. The predicted octanol–water partition coefficient (Wildman–Crippen LogP) is 3.42. The van der Waals surface area contributed by atoms with Crippen molar-refractivity contribution >= 4 is 23.4 Å². The second-order valence-electron chi connectivity index (χ2n) is 6.36. The van der Waals surface area contributed by atoms with E-state index in [1.807, 2.05) is 25.1 Å². The third kappa shape index (κ3) is 3.15. The minimum absolute atomic E-state index is 0.123. The molecule has 1 N–H and O–H groups in total. The van der Waals surface area contributed by atoms with Gasteiger partial charge in [0.2, 0.25) is 5.95 Å². The molecule has 1 aromatic carbocycles. The summed E-state index contributed by atoms with van der Waals surface area (Å²) < 4.78 is 5.04.